The molecule has 0 bridgehead atoms. The number of hydrogen-bond donors (Lipinski definition) is 6. The van der Waals surface area contributed by atoms with Gasteiger partial charge >= 0.3 is 5.97 Å². The molecule has 8 amide bonds. The van der Waals surface area contributed by atoms with E-state index in [1.807, 2.05) is 0 Å². The second-order valence-electron chi connectivity index (χ2n) is 20.4. The van der Waals surface area contributed by atoms with Crippen molar-refractivity contribution in [2.75, 3.05) is 65.7 Å². The highest BCUT2D eigenvalue weighted by atomic mass is 19.1. The summed E-state index contributed by atoms with van der Waals surface area (Å²) in [5.41, 5.74) is 3.19. The van der Waals surface area contributed by atoms with E-state index in [1.165, 1.54) is 18.2 Å². The number of aromatic nitrogens is 2. The number of imide groups is 1. The van der Waals surface area contributed by atoms with E-state index < -0.39 is 72.3 Å². The molecule has 23 nitrogen and oxygen atoms in total. The Kier molecular flexibility index (Phi) is 17.3. The maximum Gasteiger partial charge on any atom is 0.343 e. The number of hydrogen-bond acceptors (Lipinski definition) is 15. The smallest absolute Gasteiger partial charge is 0.343 e. The number of esters is 1. The van der Waals surface area contributed by atoms with Crippen LogP contribution in [0.3, 0.4) is 0 Å². The number of cyclic esters (lactones) is 1. The number of halogens is 1. The molecule has 6 N–H and O–H groups in total. The Morgan fingerprint density at radius 1 is 0.850 bits per heavy atom. The Balaban J connectivity index is 0.721. The minimum absolute atomic E-state index is 0.0101. The van der Waals surface area contributed by atoms with Gasteiger partial charge in [0.05, 0.1) is 48.6 Å². The number of unbranched alkanes of at least 4 members (excludes halogenated alkanes) is 2. The molecule has 2 aromatic carbocycles. The molecular weight excluding hydrogens is 1040 g/mol. The summed E-state index contributed by atoms with van der Waals surface area (Å²) in [6.45, 7) is 3.20. The maximum atomic E-state index is 15.5. The monoisotopic (exact) mass is 1100 g/mol. The maximum absolute atomic E-state index is 15.5. The van der Waals surface area contributed by atoms with Crippen LogP contribution in [0.4, 0.5) is 4.39 Å². The summed E-state index contributed by atoms with van der Waals surface area (Å²) in [7, 11) is 0. The first-order valence-electron chi connectivity index (χ1n) is 26.8. The molecule has 0 saturated carbocycles. The lowest BCUT2D eigenvalue weighted by Crippen LogP contribution is -2.52. The average Bonchev–Trinajstić information content (AvgIpc) is 4.06. The molecule has 6 heterocycles. The average molecular weight is 1100 g/mol. The van der Waals surface area contributed by atoms with Gasteiger partial charge in [0.15, 0.2) is 5.60 Å². The van der Waals surface area contributed by atoms with Crippen LogP contribution < -0.4 is 32.1 Å². The number of rotatable bonds is 22. The van der Waals surface area contributed by atoms with E-state index in [0.717, 1.165) is 27.0 Å². The topological polar surface area (TPSA) is 297 Å². The van der Waals surface area contributed by atoms with Gasteiger partial charge in [0.25, 0.3) is 17.4 Å². The van der Waals surface area contributed by atoms with Gasteiger partial charge < -0.3 is 50.6 Å². The number of aliphatic hydroxyl groups is 1. The van der Waals surface area contributed by atoms with Gasteiger partial charge in [-0.1, -0.05) is 43.7 Å². The van der Waals surface area contributed by atoms with Crippen LogP contribution in [-0.4, -0.2) is 154 Å². The Morgan fingerprint density at radius 2 is 1.55 bits per heavy atom. The molecule has 1 fully saturated rings. The summed E-state index contributed by atoms with van der Waals surface area (Å²) in [5.74, 6) is -5.30. The highest BCUT2D eigenvalue weighted by Gasteiger charge is 2.46. The number of nitrogens with one attached hydrogen (secondary N) is 5. The number of nitrogens with zero attached hydrogens (tertiary/aromatic N) is 5. The molecule has 422 valence electrons. The first-order valence-corrected chi connectivity index (χ1v) is 26.8. The van der Waals surface area contributed by atoms with Crippen molar-refractivity contribution >= 4 is 64.1 Å². The van der Waals surface area contributed by atoms with E-state index in [-0.39, 0.29) is 93.0 Å². The molecule has 5 aliphatic rings. The normalized spacial score (nSPS) is 18.5. The minimum atomic E-state index is -2.01. The van der Waals surface area contributed by atoms with E-state index in [2.05, 4.69) is 31.5 Å². The number of pyridine rings is 2. The second-order valence-corrected chi connectivity index (χ2v) is 20.4. The summed E-state index contributed by atoms with van der Waals surface area (Å²) >= 11 is 0. The zero-order valence-corrected chi connectivity index (χ0v) is 44.5. The van der Waals surface area contributed by atoms with E-state index in [4.69, 9.17) is 14.5 Å². The molecule has 1 aliphatic carbocycles. The third-order valence-corrected chi connectivity index (χ3v) is 15.5. The van der Waals surface area contributed by atoms with Gasteiger partial charge in [-0.15, -0.1) is 0 Å². The number of carbonyl (C=O) groups excluding carboxylic acids is 9. The lowest BCUT2D eigenvalue weighted by atomic mass is 9.81. The fourth-order valence-electron chi connectivity index (χ4n) is 11.1. The highest BCUT2D eigenvalue weighted by Crippen LogP contribution is 2.47. The van der Waals surface area contributed by atoms with Crippen molar-refractivity contribution in [1.82, 2.24) is 50.8 Å². The van der Waals surface area contributed by atoms with Gasteiger partial charge in [0, 0.05) is 86.3 Å². The molecule has 1 saturated heterocycles. The molecule has 4 aromatic rings. The molecule has 0 radical (unpaired) electrons. The third-order valence-electron chi connectivity index (χ3n) is 15.5. The minimum Gasteiger partial charge on any atom is -0.458 e. The Bertz CT molecular complexity index is 3250. The zero-order valence-electron chi connectivity index (χ0n) is 44.5. The van der Waals surface area contributed by atoms with Crippen LogP contribution in [0.1, 0.15) is 90.4 Å². The first kappa shape index (κ1) is 56.5. The van der Waals surface area contributed by atoms with Gasteiger partial charge in [-0.3, -0.25) is 53.0 Å². The summed E-state index contributed by atoms with van der Waals surface area (Å²) in [4.78, 5) is 137. The van der Waals surface area contributed by atoms with Crippen molar-refractivity contribution in [3.8, 4) is 11.4 Å². The first-order chi connectivity index (χ1) is 38.4. The number of benzene rings is 2. The van der Waals surface area contributed by atoms with Gasteiger partial charge in [0.1, 0.15) is 31.8 Å². The van der Waals surface area contributed by atoms with Crippen molar-refractivity contribution < 1.29 is 62.1 Å². The number of fused-ring (bicyclic) bond motifs is 5. The fraction of sp³-hybridized carbons (Fsp3) is 0.446. The molecular formula is C56H63FN10O13. The van der Waals surface area contributed by atoms with Crippen molar-refractivity contribution in [2.45, 2.75) is 96.1 Å². The van der Waals surface area contributed by atoms with E-state index >= 15 is 4.39 Å². The SMILES string of the molecule is CC[C@@]1(O)C(=O)OCc2c1cc1n(c2=O)Cc2c-1nc1cc(F)c(C)c3c1c2[C@@H](N1CCN(C(=O)COCNC(=O)CNC(=O)[C@H](Cc2ccccc2)NC(=O)CNC(=O)CNC(=O)CCCCCN2C(=O)C=CC2=O)CC1)CC3. The molecule has 0 spiro atoms. The zero-order chi connectivity index (χ0) is 56.8. The molecule has 24 heteroatoms. The summed E-state index contributed by atoms with van der Waals surface area (Å²) < 4.78 is 27.9. The second kappa shape index (κ2) is 24.4. The van der Waals surface area contributed by atoms with Gasteiger partial charge in [0.2, 0.25) is 35.4 Å². The van der Waals surface area contributed by atoms with Crippen LogP contribution in [0.15, 0.2) is 59.4 Å². The number of aryl methyl sites for hydroxylation is 1. The molecule has 0 unspecified atom stereocenters. The van der Waals surface area contributed by atoms with Gasteiger partial charge in [-0.2, -0.15) is 0 Å². The van der Waals surface area contributed by atoms with Crippen molar-refractivity contribution in [3.05, 3.63) is 110 Å². The lowest BCUT2D eigenvalue weighted by molar-refractivity contribution is -0.172. The predicted octanol–water partition coefficient (Wildman–Crippen LogP) is 0.310. The van der Waals surface area contributed by atoms with Crippen LogP contribution in [0.5, 0.6) is 0 Å². The number of carbonyl (C=O) groups is 9. The van der Waals surface area contributed by atoms with Gasteiger partial charge in [-0.25, -0.2) is 14.2 Å². The van der Waals surface area contributed by atoms with Crippen molar-refractivity contribution in [2.24, 2.45) is 0 Å². The third kappa shape index (κ3) is 12.0. The largest absolute Gasteiger partial charge is 0.458 e. The lowest BCUT2D eigenvalue weighted by Gasteiger charge is -2.42. The molecule has 80 heavy (non-hydrogen) atoms. The van der Waals surface area contributed by atoms with Crippen LogP contribution >= 0.6 is 0 Å². The summed E-state index contributed by atoms with van der Waals surface area (Å²) in [6, 6.07) is 10.6. The van der Waals surface area contributed by atoms with Crippen LogP contribution in [0.2, 0.25) is 0 Å². The van der Waals surface area contributed by atoms with Crippen molar-refractivity contribution in [3.63, 3.8) is 0 Å². The van der Waals surface area contributed by atoms with Crippen LogP contribution in [-0.2, 0) is 84.2 Å². The Hall–Kier alpha value is -8.22. The van der Waals surface area contributed by atoms with Crippen molar-refractivity contribution in [1.29, 1.82) is 0 Å². The summed E-state index contributed by atoms with van der Waals surface area (Å²) in [5, 5.41) is 24.8. The highest BCUT2D eigenvalue weighted by molar-refractivity contribution is 6.12. The van der Waals surface area contributed by atoms with Gasteiger partial charge in [-0.05, 0) is 67.3 Å². The summed E-state index contributed by atoms with van der Waals surface area (Å²) in [6.07, 6.45) is 5.38. The predicted molar refractivity (Wildman–Crippen MR) is 283 cm³/mol. The molecule has 3 atom stereocenters. The van der Waals surface area contributed by atoms with E-state index in [9.17, 15) is 53.1 Å². The Morgan fingerprint density at radius 3 is 2.29 bits per heavy atom. The van der Waals surface area contributed by atoms with Crippen LogP contribution in [0, 0.1) is 12.7 Å². The Labute approximate surface area is 458 Å². The van der Waals surface area contributed by atoms with E-state index in [1.54, 1.807) is 59.7 Å². The standard InChI is InChI=1S/C56H63FN10O13/c1-3-56(78)37-23-42-52-35(28-67(42)54(76)36(37)29-80-55(56)77)51-41(14-13-34-32(2)38(57)24-39(63-52)50(34)51)64-18-20-65(21-19-64)49(74)30-79-31-61-45(70)26-60-53(75)40(22-33-10-6-4-7-11-33)62-46(71)27-59-44(69)25-58-43(68)12-8-5-9-17-66-47(72)15-16-48(66)73/h4,6-7,10-11,15-16,23-24,40-41,78H,3,5,8-9,12-14,17-22,25-31H2,1-2H3,(H,58,68)(H,59,69)(H,60,75)(H,61,70)(H,62,71)/t40-,41-,56-/m0/s1. The number of ether oxygens (including phenoxy) is 2. The molecule has 2 aromatic heterocycles. The van der Waals surface area contributed by atoms with Crippen LogP contribution in [0.25, 0.3) is 22.3 Å². The number of piperazine rings is 1. The molecule has 4 aliphatic heterocycles. The van der Waals surface area contributed by atoms with E-state index in [0.29, 0.717) is 86.3 Å². The quantitative estimate of drug-likeness (QED) is 0.0235. The fourth-order valence-corrected chi connectivity index (χ4v) is 11.1. The number of amides is 8. The molecule has 9 rings (SSSR count).